The number of nitrogens with one attached hydrogen (secondary N) is 1. The molecule has 0 fully saturated rings. The number of hydrogen-bond donors (Lipinski definition) is 1. The van der Waals surface area contributed by atoms with Crippen molar-refractivity contribution in [1.29, 1.82) is 0 Å². The molecule has 2 radical (unpaired) electrons. The van der Waals surface area contributed by atoms with E-state index in [0.29, 0.717) is 19.6 Å². The van der Waals surface area contributed by atoms with E-state index in [0.717, 1.165) is 23.7 Å². The lowest BCUT2D eigenvalue weighted by Crippen LogP contribution is -2.15. The number of hydrogen-bond acceptors (Lipinski definition) is 3. The van der Waals surface area contributed by atoms with Crippen molar-refractivity contribution in [3.05, 3.63) is 25.1 Å². The number of rotatable bonds is 3. The van der Waals surface area contributed by atoms with E-state index in [9.17, 15) is 0 Å². The van der Waals surface area contributed by atoms with E-state index < -0.39 is 0 Å². The Morgan fingerprint density at radius 3 is 2.79 bits per heavy atom. The van der Waals surface area contributed by atoms with Crippen LogP contribution in [0.3, 0.4) is 0 Å². The molecule has 0 saturated heterocycles. The van der Waals surface area contributed by atoms with E-state index in [-0.39, 0.29) is 0 Å². The maximum absolute atomic E-state index is 5.45. The molecular formula is C11H13NO2. The van der Waals surface area contributed by atoms with Crippen molar-refractivity contribution in [1.82, 2.24) is 0 Å². The van der Waals surface area contributed by atoms with Crippen LogP contribution in [0.5, 0.6) is 11.5 Å². The maximum Gasteiger partial charge on any atom is 0.163 e. The summed E-state index contributed by atoms with van der Waals surface area (Å²) in [6.07, 6.45) is 0.619. The highest BCUT2D eigenvalue weighted by Crippen LogP contribution is 2.32. The van der Waals surface area contributed by atoms with Gasteiger partial charge < -0.3 is 14.8 Å². The molecule has 74 valence electrons. The van der Waals surface area contributed by atoms with Crippen LogP contribution in [-0.2, 0) is 0 Å². The van der Waals surface area contributed by atoms with Crippen LogP contribution in [0.2, 0.25) is 0 Å². The van der Waals surface area contributed by atoms with Crippen molar-refractivity contribution in [2.75, 3.05) is 25.1 Å². The number of benzene rings is 1. The fraction of sp³-hybridized carbons (Fsp3) is 0.364. The highest BCUT2D eigenvalue weighted by Gasteiger charge is 2.10. The number of anilines is 1. The second-order valence-electron chi connectivity index (χ2n) is 3.07. The van der Waals surface area contributed by atoms with Crippen molar-refractivity contribution in [3.63, 3.8) is 0 Å². The molecule has 0 atom stereocenters. The zero-order valence-electron chi connectivity index (χ0n) is 7.95. The van der Waals surface area contributed by atoms with E-state index in [1.165, 1.54) is 0 Å². The predicted octanol–water partition coefficient (Wildman–Crippen LogP) is 1.97. The third-order valence-electron chi connectivity index (χ3n) is 2.02. The normalized spacial score (nSPS) is 13.8. The minimum absolute atomic E-state index is 0.618. The van der Waals surface area contributed by atoms with Crippen LogP contribution in [0, 0.1) is 6.92 Å². The van der Waals surface area contributed by atoms with Crippen LogP contribution < -0.4 is 14.8 Å². The van der Waals surface area contributed by atoms with Crippen LogP contribution in [0.15, 0.2) is 18.2 Å². The smallest absolute Gasteiger partial charge is 0.163 e. The summed E-state index contributed by atoms with van der Waals surface area (Å²) in [5.74, 6) is 1.62. The molecule has 1 aromatic rings. The van der Waals surface area contributed by atoms with Crippen LogP contribution in [0.1, 0.15) is 6.42 Å². The average Bonchev–Trinajstić information content (AvgIpc) is 2.26. The van der Waals surface area contributed by atoms with Gasteiger partial charge in [0.15, 0.2) is 11.5 Å². The van der Waals surface area contributed by atoms with E-state index in [1.54, 1.807) is 0 Å². The molecule has 0 spiro atoms. The second-order valence-corrected chi connectivity index (χ2v) is 3.07. The lowest BCUT2D eigenvalue weighted by molar-refractivity contribution is 0.171. The third-order valence-corrected chi connectivity index (χ3v) is 2.02. The van der Waals surface area contributed by atoms with Crippen LogP contribution in [-0.4, -0.2) is 19.8 Å². The zero-order chi connectivity index (χ0) is 9.80. The monoisotopic (exact) mass is 191 g/mol. The first-order valence-corrected chi connectivity index (χ1v) is 4.74. The highest BCUT2D eigenvalue weighted by molar-refractivity contribution is 5.55. The van der Waals surface area contributed by atoms with Crippen molar-refractivity contribution in [2.45, 2.75) is 6.42 Å². The van der Waals surface area contributed by atoms with E-state index in [1.807, 2.05) is 18.2 Å². The van der Waals surface area contributed by atoms with Crippen molar-refractivity contribution in [3.8, 4) is 11.5 Å². The standard InChI is InChI=1S/C11H13NO2/c1-2-5-12-9-3-4-10-11(8-9)14-7-6-13-10/h1,3-4,8,12H,2,5-7H2. The minimum Gasteiger partial charge on any atom is -0.486 e. The average molecular weight is 191 g/mol. The Bertz CT molecular complexity index is 312. The molecule has 1 heterocycles. The van der Waals surface area contributed by atoms with Crippen LogP contribution >= 0.6 is 0 Å². The van der Waals surface area contributed by atoms with Gasteiger partial charge in [0, 0.05) is 18.3 Å². The SMILES string of the molecule is [CH]CCNc1ccc2c(c1)OCCO2. The number of fused-ring (bicyclic) bond motifs is 1. The topological polar surface area (TPSA) is 30.5 Å². The summed E-state index contributed by atoms with van der Waals surface area (Å²) < 4.78 is 10.9. The Hall–Kier alpha value is -1.38. The van der Waals surface area contributed by atoms with Crippen molar-refractivity contribution in [2.24, 2.45) is 0 Å². The lowest BCUT2D eigenvalue weighted by atomic mass is 10.2. The lowest BCUT2D eigenvalue weighted by Gasteiger charge is -2.19. The third kappa shape index (κ3) is 1.92. The molecule has 14 heavy (non-hydrogen) atoms. The van der Waals surface area contributed by atoms with Gasteiger partial charge in [-0.05, 0) is 25.5 Å². The molecule has 1 N–H and O–H groups in total. The quantitative estimate of drug-likeness (QED) is 0.792. The summed E-state index contributed by atoms with van der Waals surface area (Å²) in [6, 6.07) is 5.81. The van der Waals surface area contributed by atoms with Crippen LogP contribution in [0.4, 0.5) is 5.69 Å². The summed E-state index contributed by atoms with van der Waals surface area (Å²) in [5, 5.41) is 3.18. The van der Waals surface area contributed by atoms with E-state index in [4.69, 9.17) is 16.4 Å². The Labute approximate surface area is 84.0 Å². The van der Waals surface area contributed by atoms with E-state index >= 15 is 0 Å². The first-order valence-electron chi connectivity index (χ1n) is 4.74. The van der Waals surface area contributed by atoms with Gasteiger partial charge in [0.25, 0.3) is 0 Å². The molecule has 0 amide bonds. The van der Waals surface area contributed by atoms with Gasteiger partial charge >= 0.3 is 0 Å². The molecule has 3 heteroatoms. The Morgan fingerprint density at radius 2 is 2.00 bits per heavy atom. The summed E-state index contributed by atoms with van der Waals surface area (Å²) in [6.45, 7) is 7.41. The Morgan fingerprint density at radius 1 is 1.21 bits per heavy atom. The van der Waals surface area contributed by atoms with Gasteiger partial charge in [-0.1, -0.05) is 0 Å². The molecule has 3 nitrogen and oxygen atoms in total. The largest absolute Gasteiger partial charge is 0.486 e. The molecule has 0 aromatic heterocycles. The van der Waals surface area contributed by atoms with Crippen molar-refractivity contribution < 1.29 is 9.47 Å². The molecule has 0 unspecified atom stereocenters. The minimum atomic E-state index is 0.618. The second kappa shape index (κ2) is 4.22. The Kier molecular flexibility index (Phi) is 2.77. The van der Waals surface area contributed by atoms with Crippen molar-refractivity contribution >= 4 is 5.69 Å². The summed E-state index contributed by atoms with van der Waals surface area (Å²) in [4.78, 5) is 0. The molecule has 1 aromatic carbocycles. The van der Waals surface area contributed by atoms with E-state index in [2.05, 4.69) is 5.32 Å². The van der Waals surface area contributed by atoms with Gasteiger partial charge in [0.1, 0.15) is 13.2 Å². The fourth-order valence-electron chi connectivity index (χ4n) is 1.37. The molecule has 0 saturated carbocycles. The molecule has 0 bridgehead atoms. The number of ether oxygens (including phenoxy) is 2. The highest BCUT2D eigenvalue weighted by atomic mass is 16.6. The first-order chi connectivity index (χ1) is 6.90. The van der Waals surface area contributed by atoms with Gasteiger partial charge in [-0.3, -0.25) is 0 Å². The Balaban J connectivity index is 2.12. The summed E-state index contributed by atoms with van der Waals surface area (Å²) >= 11 is 0. The molecule has 0 aliphatic carbocycles. The molecular weight excluding hydrogens is 178 g/mol. The first kappa shape index (κ1) is 9.19. The van der Waals surface area contributed by atoms with Gasteiger partial charge in [-0.15, -0.1) is 0 Å². The van der Waals surface area contributed by atoms with Gasteiger partial charge in [-0.25, -0.2) is 0 Å². The summed E-state index contributed by atoms with van der Waals surface area (Å²) in [7, 11) is 0. The maximum atomic E-state index is 5.45. The van der Waals surface area contributed by atoms with Gasteiger partial charge in [0.05, 0.1) is 0 Å². The van der Waals surface area contributed by atoms with Crippen LogP contribution in [0.25, 0.3) is 0 Å². The van der Waals surface area contributed by atoms with Gasteiger partial charge in [0.2, 0.25) is 0 Å². The summed E-state index contributed by atoms with van der Waals surface area (Å²) in [5.41, 5.74) is 1.01. The molecule has 2 rings (SSSR count). The molecule has 1 aliphatic heterocycles. The zero-order valence-corrected chi connectivity index (χ0v) is 7.95. The fourth-order valence-corrected chi connectivity index (χ4v) is 1.37. The molecule has 1 aliphatic rings. The predicted molar refractivity (Wildman–Crippen MR) is 54.8 cm³/mol. The van der Waals surface area contributed by atoms with Gasteiger partial charge in [-0.2, -0.15) is 0 Å².